The number of nitrogens with one attached hydrogen (secondary N) is 1. The maximum atomic E-state index is 13.4. The van der Waals surface area contributed by atoms with E-state index in [1.54, 1.807) is 6.07 Å². The van der Waals surface area contributed by atoms with Gasteiger partial charge in [-0.15, -0.1) is 0 Å². The average molecular weight is 264 g/mol. The van der Waals surface area contributed by atoms with Gasteiger partial charge >= 0.3 is 0 Å². The van der Waals surface area contributed by atoms with Crippen LogP contribution in [0.1, 0.15) is 37.3 Å². The first-order valence-corrected chi connectivity index (χ1v) is 7.21. The summed E-state index contributed by atoms with van der Waals surface area (Å²) in [5.41, 5.74) is 1.11. The van der Waals surface area contributed by atoms with Crippen molar-refractivity contribution in [3.63, 3.8) is 0 Å². The molecular weight excluding hydrogens is 239 g/mol. The Morgan fingerprint density at radius 1 is 1.21 bits per heavy atom. The van der Waals surface area contributed by atoms with Gasteiger partial charge in [0.25, 0.3) is 0 Å². The van der Waals surface area contributed by atoms with Crippen molar-refractivity contribution in [2.75, 3.05) is 21.1 Å². The lowest BCUT2D eigenvalue weighted by Gasteiger charge is -2.37. The molecule has 1 aliphatic carbocycles. The van der Waals surface area contributed by atoms with Gasteiger partial charge in [-0.3, -0.25) is 0 Å². The summed E-state index contributed by atoms with van der Waals surface area (Å²) in [6.45, 7) is 0. The lowest BCUT2D eigenvalue weighted by Crippen LogP contribution is -2.35. The van der Waals surface area contributed by atoms with Crippen LogP contribution in [-0.2, 0) is 0 Å². The summed E-state index contributed by atoms with van der Waals surface area (Å²) in [4.78, 5) is 2.24. The Bertz CT molecular complexity index is 397. The van der Waals surface area contributed by atoms with Gasteiger partial charge in [-0.2, -0.15) is 0 Å². The van der Waals surface area contributed by atoms with Crippen molar-refractivity contribution in [1.82, 2.24) is 10.2 Å². The molecule has 1 aromatic carbocycles. The van der Waals surface area contributed by atoms with Gasteiger partial charge < -0.3 is 10.2 Å². The predicted molar refractivity (Wildman–Crippen MR) is 77.6 cm³/mol. The van der Waals surface area contributed by atoms with Crippen molar-refractivity contribution in [3.05, 3.63) is 35.6 Å². The van der Waals surface area contributed by atoms with Crippen LogP contribution in [0, 0.1) is 11.7 Å². The summed E-state index contributed by atoms with van der Waals surface area (Å²) in [6, 6.07) is 8.07. The number of rotatable bonds is 4. The summed E-state index contributed by atoms with van der Waals surface area (Å²) < 4.78 is 13.4. The van der Waals surface area contributed by atoms with Gasteiger partial charge in [0.1, 0.15) is 5.82 Å². The van der Waals surface area contributed by atoms with Crippen LogP contribution < -0.4 is 5.32 Å². The van der Waals surface area contributed by atoms with E-state index in [1.807, 2.05) is 13.1 Å². The molecule has 0 aliphatic heterocycles. The van der Waals surface area contributed by atoms with Crippen molar-refractivity contribution in [2.24, 2.45) is 5.92 Å². The molecule has 0 bridgehead atoms. The Labute approximate surface area is 116 Å². The summed E-state index contributed by atoms with van der Waals surface area (Å²) >= 11 is 0. The summed E-state index contributed by atoms with van der Waals surface area (Å²) in [6.07, 6.45) is 4.87. The van der Waals surface area contributed by atoms with Crippen LogP contribution in [0.15, 0.2) is 24.3 Å². The maximum Gasteiger partial charge on any atom is 0.123 e. The van der Waals surface area contributed by atoms with E-state index >= 15 is 0 Å². The largest absolute Gasteiger partial charge is 0.317 e. The average Bonchev–Trinajstić information content (AvgIpc) is 2.39. The second kappa shape index (κ2) is 6.49. The van der Waals surface area contributed by atoms with Crippen molar-refractivity contribution >= 4 is 0 Å². The Morgan fingerprint density at radius 3 is 2.42 bits per heavy atom. The van der Waals surface area contributed by atoms with E-state index in [-0.39, 0.29) is 5.82 Å². The molecule has 0 radical (unpaired) electrons. The second-order valence-corrected chi connectivity index (χ2v) is 5.86. The number of nitrogens with zero attached hydrogens (tertiary/aromatic N) is 1. The monoisotopic (exact) mass is 264 g/mol. The molecule has 19 heavy (non-hydrogen) atoms. The zero-order valence-electron chi connectivity index (χ0n) is 12.2. The molecule has 3 heteroatoms. The van der Waals surface area contributed by atoms with Crippen LogP contribution in [0.4, 0.5) is 4.39 Å². The van der Waals surface area contributed by atoms with Crippen molar-refractivity contribution in [2.45, 2.75) is 37.8 Å². The molecule has 0 heterocycles. The lowest BCUT2D eigenvalue weighted by molar-refractivity contribution is 0.158. The van der Waals surface area contributed by atoms with Gasteiger partial charge in [0, 0.05) is 12.1 Å². The van der Waals surface area contributed by atoms with Crippen LogP contribution in [-0.4, -0.2) is 32.1 Å². The van der Waals surface area contributed by atoms with Crippen LogP contribution in [0.5, 0.6) is 0 Å². The van der Waals surface area contributed by atoms with Crippen LogP contribution >= 0.6 is 0 Å². The minimum atomic E-state index is -0.131. The van der Waals surface area contributed by atoms with Crippen molar-refractivity contribution in [3.8, 4) is 0 Å². The van der Waals surface area contributed by atoms with Crippen LogP contribution in [0.3, 0.4) is 0 Å². The van der Waals surface area contributed by atoms with Crippen LogP contribution in [0.25, 0.3) is 0 Å². The predicted octanol–water partition coefficient (Wildman–Crippen LogP) is 3.21. The van der Waals surface area contributed by atoms with E-state index in [2.05, 4.69) is 30.4 Å². The molecule has 1 saturated carbocycles. The first-order chi connectivity index (χ1) is 9.11. The molecule has 1 fully saturated rings. The molecule has 2 nitrogen and oxygen atoms in total. The molecule has 0 aromatic heterocycles. The molecule has 2 rings (SSSR count). The van der Waals surface area contributed by atoms with Gasteiger partial charge in [-0.25, -0.2) is 4.39 Å². The second-order valence-electron chi connectivity index (χ2n) is 5.86. The highest BCUT2D eigenvalue weighted by molar-refractivity contribution is 5.21. The molecule has 106 valence electrons. The summed E-state index contributed by atoms with van der Waals surface area (Å²) in [7, 11) is 6.24. The van der Waals surface area contributed by atoms with E-state index < -0.39 is 0 Å². The molecule has 0 saturated heterocycles. The Balaban J connectivity index is 2.13. The van der Waals surface area contributed by atoms with Gasteiger partial charge in [-0.1, -0.05) is 12.1 Å². The zero-order valence-corrected chi connectivity index (χ0v) is 12.2. The Hall–Kier alpha value is -0.930. The van der Waals surface area contributed by atoms with Gasteiger partial charge in [0.15, 0.2) is 0 Å². The minimum absolute atomic E-state index is 0.131. The lowest BCUT2D eigenvalue weighted by atomic mass is 9.79. The first-order valence-electron chi connectivity index (χ1n) is 7.21. The number of halogens is 1. The van der Waals surface area contributed by atoms with Crippen molar-refractivity contribution < 1.29 is 4.39 Å². The van der Waals surface area contributed by atoms with E-state index in [0.29, 0.717) is 18.0 Å². The quantitative estimate of drug-likeness (QED) is 0.898. The summed E-state index contributed by atoms with van der Waals surface area (Å²) in [5.74, 6) is 0.495. The highest BCUT2D eigenvalue weighted by atomic mass is 19.1. The number of benzene rings is 1. The molecule has 0 amide bonds. The highest BCUT2D eigenvalue weighted by Gasteiger charge is 2.29. The Morgan fingerprint density at radius 2 is 1.89 bits per heavy atom. The van der Waals surface area contributed by atoms with Gasteiger partial charge in [-0.05, 0) is 70.4 Å². The molecule has 1 N–H and O–H groups in total. The zero-order chi connectivity index (χ0) is 13.8. The molecule has 1 atom stereocenters. The normalized spacial score (nSPS) is 25.5. The van der Waals surface area contributed by atoms with Crippen LogP contribution in [0.2, 0.25) is 0 Å². The third kappa shape index (κ3) is 3.54. The Kier molecular flexibility index (Phi) is 4.94. The number of hydrogen-bond donors (Lipinski definition) is 1. The summed E-state index contributed by atoms with van der Waals surface area (Å²) in [5, 5.41) is 3.37. The maximum absolute atomic E-state index is 13.4. The fourth-order valence-corrected chi connectivity index (χ4v) is 3.41. The van der Waals surface area contributed by atoms with E-state index in [1.165, 1.54) is 31.7 Å². The first kappa shape index (κ1) is 14.5. The van der Waals surface area contributed by atoms with Gasteiger partial charge in [0.05, 0.1) is 0 Å². The fourth-order valence-electron chi connectivity index (χ4n) is 3.41. The molecule has 0 spiro atoms. The highest BCUT2D eigenvalue weighted by Crippen LogP contribution is 2.37. The minimum Gasteiger partial charge on any atom is -0.317 e. The molecule has 1 aliphatic rings. The fraction of sp³-hybridized carbons (Fsp3) is 0.625. The van der Waals surface area contributed by atoms with Crippen molar-refractivity contribution in [1.29, 1.82) is 0 Å². The number of hydrogen-bond acceptors (Lipinski definition) is 2. The molecule has 1 aromatic rings. The third-order valence-corrected chi connectivity index (χ3v) is 4.37. The topological polar surface area (TPSA) is 15.3 Å². The van der Waals surface area contributed by atoms with Gasteiger partial charge in [0.2, 0.25) is 0 Å². The van der Waals surface area contributed by atoms with E-state index in [4.69, 9.17) is 0 Å². The smallest absolute Gasteiger partial charge is 0.123 e. The SMILES string of the molecule is CNC1CCC(C(c2cccc(F)c2)N(C)C)CC1. The standard InChI is InChI=1S/C16H25FN2/c1-18-15-9-7-12(8-10-15)16(19(2)3)13-5-4-6-14(17)11-13/h4-6,11-12,15-16,18H,7-10H2,1-3H3. The van der Waals surface area contributed by atoms with E-state index in [9.17, 15) is 4.39 Å². The molecule has 1 unspecified atom stereocenters. The molecular formula is C16H25FN2. The van der Waals surface area contributed by atoms with E-state index in [0.717, 1.165) is 5.56 Å². The third-order valence-electron chi connectivity index (χ3n) is 4.37.